The second-order valence-electron chi connectivity index (χ2n) is 7.05. The molecule has 2 aromatic carbocycles. The number of likely N-dealkylation sites (tertiary alicyclic amines) is 1. The minimum Gasteiger partial charge on any atom is -0.338 e. The first-order valence-electron chi connectivity index (χ1n) is 9.26. The highest BCUT2D eigenvalue weighted by atomic mass is 16.2. The Balaban J connectivity index is 1.52. The van der Waals surface area contributed by atoms with Crippen molar-refractivity contribution in [3.05, 3.63) is 78.0 Å². The van der Waals surface area contributed by atoms with Gasteiger partial charge in [-0.2, -0.15) is 5.26 Å². The van der Waals surface area contributed by atoms with E-state index in [2.05, 4.69) is 11.1 Å². The Kier molecular flexibility index (Phi) is 4.86. The van der Waals surface area contributed by atoms with Crippen molar-refractivity contribution in [1.82, 2.24) is 9.88 Å². The normalized spacial score (nSPS) is 17.5. The summed E-state index contributed by atoms with van der Waals surface area (Å²) in [5.74, 6) is -1.72. The van der Waals surface area contributed by atoms with E-state index in [4.69, 9.17) is 0 Å². The molecule has 0 aliphatic carbocycles. The van der Waals surface area contributed by atoms with E-state index in [1.807, 2.05) is 60.7 Å². The van der Waals surface area contributed by atoms with Crippen LogP contribution in [0.3, 0.4) is 0 Å². The van der Waals surface area contributed by atoms with E-state index in [-0.39, 0.29) is 18.1 Å². The molecular weight excluding hydrogens is 350 g/mol. The van der Waals surface area contributed by atoms with Crippen LogP contribution in [0.5, 0.6) is 0 Å². The monoisotopic (exact) mass is 369 g/mol. The molecule has 1 aromatic heterocycles. The molecule has 1 amide bonds. The minimum absolute atomic E-state index is 0.0506. The standard InChI is InChI=1S/C23H19N3O2/c24-13-19(21-11-10-17-8-4-5-9-20(17)25-21)23(28)18-12-22(27)26(15-18)14-16-6-2-1-3-7-16/h1-11,18-19H,12,14-15H2. The van der Waals surface area contributed by atoms with Crippen LogP contribution in [-0.2, 0) is 16.1 Å². The minimum atomic E-state index is -0.959. The molecule has 3 aromatic rings. The molecule has 28 heavy (non-hydrogen) atoms. The number of carbonyl (C=O) groups is 2. The van der Waals surface area contributed by atoms with Gasteiger partial charge in [-0.05, 0) is 17.7 Å². The number of amides is 1. The van der Waals surface area contributed by atoms with Gasteiger partial charge in [-0.3, -0.25) is 14.6 Å². The van der Waals surface area contributed by atoms with Crippen molar-refractivity contribution in [3.63, 3.8) is 0 Å². The highest BCUT2D eigenvalue weighted by Gasteiger charge is 2.38. The highest BCUT2D eigenvalue weighted by Crippen LogP contribution is 2.28. The molecule has 2 atom stereocenters. The van der Waals surface area contributed by atoms with Crippen molar-refractivity contribution < 1.29 is 9.59 Å². The summed E-state index contributed by atoms with van der Waals surface area (Å²) in [6.07, 6.45) is 0.150. The fourth-order valence-electron chi connectivity index (χ4n) is 3.67. The molecule has 5 heteroatoms. The number of carbonyl (C=O) groups excluding carboxylic acids is 2. The van der Waals surface area contributed by atoms with E-state index >= 15 is 0 Å². The third kappa shape index (κ3) is 3.49. The summed E-state index contributed by atoms with van der Waals surface area (Å²) >= 11 is 0. The quantitative estimate of drug-likeness (QED) is 0.690. The maximum atomic E-state index is 13.0. The van der Waals surface area contributed by atoms with E-state index in [0.717, 1.165) is 16.5 Å². The Bertz CT molecular complexity index is 1070. The average Bonchev–Trinajstić information content (AvgIpc) is 3.09. The largest absolute Gasteiger partial charge is 0.338 e. The first-order valence-corrected chi connectivity index (χ1v) is 9.26. The van der Waals surface area contributed by atoms with Crippen molar-refractivity contribution in [1.29, 1.82) is 5.26 Å². The van der Waals surface area contributed by atoms with E-state index in [9.17, 15) is 14.9 Å². The van der Waals surface area contributed by atoms with Gasteiger partial charge in [-0.15, -0.1) is 0 Å². The van der Waals surface area contributed by atoms with Gasteiger partial charge in [0.05, 0.1) is 17.3 Å². The predicted molar refractivity (Wildman–Crippen MR) is 105 cm³/mol. The van der Waals surface area contributed by atoms with Crippen molar-refractivity contribution >= 4 is 22.6 Å². The molecule has 2 heterocycles. The lowest BCUT2D eigenvalue weighted by Gasteiger charge is -2.17. The maximum Gasteiger partial charge on any atom is 0.223 e. The second-order valence-corrected chi connectivity index (χ2v) is 7.05. The summed E-state index contributed by atoms with van der Waals surface area (Å²) in [5.41, 5.74) is 2.22. The van der Waals surface area contributed by atoms with Crippen molar-refractivity contribution in [2.24, 2.45) is 5.92 Å². The summed E-state index contributed by atoms with van der Waals surface area (Å²) < 4.78 is 0. The van der Waals surface area contributed by atoms with Crippen molar-refractivity contribution in [2.45, 2.75) is 18.9 Å². The summed E-state index contributed by atoms with van der Waals surface area (Å²) in [7, 11) is 0. The SMILES string of the molecule is N#CC(C(=O)C1CC(=O)N(Cc2ccccc2)C1)c1ccc2ccccc2n1. The number of rotatable bonds is 5. The zero-order valence-electron chi connectivity index (χ0n) is 15.3. The van der Waals surface area contributed by atoms with Crippen LogP contribution >= 0.6 is 0 Å². The Morgan fingerprint density at radius 3 is 2.64 bits per heavy atom. The van der Waals surface area contributed by atoms with Crippen molar-refractivity contribution in [2.75, 3.05) is 6.54 Å². The van der Waals surface area contributed by atoms with Crippen LogP contribution in [0.1, 0.15) is 23.6 Å². The van der Waals surface area contributed by atoms with Gasteiger partial charge in [0.25, 0.3) is 0 Å². The number of benzene rings is 2. The summed E-state index contributed by atoms with van der Waals surface area (Å²) in [4.78, 5) is 31.6. The molecular formula is C23H19N3O2. The number of para-hydroxylation sites is 1. The zero-order chi connectivity index (χ0) is 19.5. The molecule has 138 valence electrons. The first-order chi connectivity index (χ1) is 13.7. The van der Waals surface area contributed by atoms with Gasteiger partial charge in [0.1, 0.15) is 5.92 Å². The summed E-state index contributed by atoms with van der Waals surface area (Å²) in [6, 6.07) is 23.0. The zero-order valence-corrected chi connectivity index (χ0v) is 15.3. The number of nitrogens with zero attached hydrogens (tertiary/aromatic N) is 3. The van der Waals surface area contributed by atoms with Crippen LogP contribution in [0.25, 0.3) is 10.9 Å². The number of fused-ring (bicyclic) bond motifs is 1. The fraction of sp³-hybridized carbons (Fsp3) is 0.217. The van der Waals surface area contributed by atoms with E-state index in [0.29, 0.717) is 18.8 Å². The molecule has 0 saturated carbocycles. The van der Waals surface area contributed by atoms with Gasteiger partial charge in [0.2, 0.25) is 5.91 Å². The van der Waals surface area contributed by atoms with Gasteiger partial charge in [-0.1, -0.05) is 54.6 Å². The number of ketones is 1. The topological polar surface area (TPSA) is 74.1 Å². The lowest BCUT2D eigenvalue weighted by molar-refractivity contribution is -0.129. The number of aromatic nitrogens is 1. The molecule has 1 aliphatic heterocycles. The molecule has 2 unspecified atom stereocenters. The van der Waals surface area contributed by atoms with E-state index in [1.54, 1.807) is 11.0 Å². The predicted octanol–water partition coefficient (Wildman–Crippen LogP) is 3.46. The van der Waals surface area contributed by atoms with Gasteiger partial charge in [0, 0.05) is 30.8 Å². The smallest absolute Gasteiger partial charge is 0.223 e. The molecule has 0 N–H and O–H groups in total. The maximum absolute atomic E-state index is 13.0. The van der Waals surface area contributed by atoms with Crippen LogP contribution in [0.4, 0.5) is 0 Å². The fourth-order valence-corrected chi connectivity index (χ4v) is 3.67. The molecule has 0 radical (unpaired) electrons. The van der Waals surface area contributed by atoms with Crippen LogP contribution < -0.4 is 0 Å². The van der Waals surface area contributed by atoms with E-state index in [1.165, 1.54) is 0 Å². The van der Waals surface area contributed by atoms with Gasteiger partial charge in [-0.25, -0.2) is 0 Å². The van der Waals surface area contributed by atoms with Crippen LogP contribution in [-0.4, -0.2) is 28.1 Å². The Labute approximate surface area is 163 Å². The number of Topliss-reactive ketones (excluding diaryl/α,β-unsaturated/α-hetero) is 1. The molecule has 1 fully saturated rings. The first kappa shape index (κ1) is 17.9. The third-order valence-corrected chi connectivity index (χ3v) is 5.16. The van der Waals surface area contributed by atoms with Crippen LogP contribution in [0.2, 0.25) is 0 Å². The Morgan fingerprint density at radius 1 is 1.11 bits per heavy atom. The van der Waals surface area contributed by atoms with Gasteiger partial charge < -0.3 is 4.90 Å². The lowest BCUT2D eigenvalue weighted by Crippen LogP contribution is -2.27. The highest BCUT2D eigenvalue weighted by molar-refractivity contribution is 5.96. The molecule has 0 bridgehead atoms. The van der Waals surface area contributed by atoms with Crippen LogP contribution in [0, 0.1) is 17.2 Å². The molecule has 0 spiro atoms. The van der Waals surface area contributed by atoms with Crippen molar-refractivity contribution in [3.8, 4) is 6.07 Å². The van der Waals surface area contributed by atoms with Crippen LogP contribution in [0.15, 0.2) is 66.7 Å². The number of hydrogen-bond donors (Lipinski definition) is 0. The summed E-state index contributed by atoms with van der Waals surface area (Å²) in [5, 5.41) is 10.6. The molecule has 1 aliphatic rings. The number of nitriles is 1. The second kappa shape index (κ2) is 7.61. The number of hydrogen-bond acceptors (Lipinski definition) is 4. The summed E-state index contributed by atoms with van der Waals surface area (Å²) in [6.45, 7) is 0.827. The van der Waals surface area contributed by atoms with E-state index < -0.39 is 11.8 Å². The Hall–Kier alpha value is -3.52. The average molecular weight is 369 g/mol. The van der Waals surface area contributed by atoms with Gasteiger partial charge in [0.15, 0.2) is 5.78 Å². The molecule has 1 saturated heterocycles. The third-order valence-electron chi connectivity index (χ3n) is 5.16. The Morgan fingerprint density at radius 2 is 1.86 bits per heavy atom. The lowest BCUT2D eigenvalue weighted by atomic mass is 9.90. The molecule has 4 rings (SSSR count). The van der Waals surface area contributed by atoms with Gasteiger partial charge >= 0.3 is 0 Å². The molecule has 5 nitrogen and oxygen atoms in total. The number of pyridine rings is 1.